The van der Waals surface area contributed by atoms with Crippen LogP contribution in [0.4, 0.5) is 0 Å². The van der Waals surface area contributed by atoms with Crippen LogP contribution >= 0.6 is 22.9 Å². The minimum atomic E-state index is 1.16. The normalized spacial score (nSPS) is 9.93. The highest BCUT2D eigenvalue weighted by molar-refractivity contribution is 14.1. The highest BCUT2D eigenvalue weighted by Crippen LogP contribution is 2.21. The van der Waals surface area contributed by atoms with E-state index < -0.39 is 0 Å². The third-order valence-corrected chi connectivity index (χ3v) is 3.11. The molecule has 2 heteroatoms. The fraction of sp³-hybridized carbons (Fsp3) is 0. The molecule has 74 valence electrons. The van der Waals surface area contributed by atoms with Crippen molar-refractivity contribution in [3.63, 3.8) is 0 Å². The summed E-state index contributed by atoms with van der Waals surface area (Å²) in [6.07, 6.45) is 3.93. The zero-order chi connectivity index (χ0) is 10.7. The third kappa shape index (κ3) is 2.09. The zero-order valence-electron chi connectivity index (χ0n) is 8.23. The summed E-state index contributed by atoms with van der Waals surface area (Å²) in [4.78, 5) is 0. The molecule has 1 nitrogen and oxygen atoms in total. The highest BCUT2D eigenvalue weighted by atomic mass is 127. The van der Waals surface area contributed by atoms with Crippen LogP contribution in [0.25, 0.3) is 17.3 Å². The van der Waals surface area contributed by atoms with Gasteiger partial charge in [-0.3, -0.25) is 0 Å². The third-order valence-electron chi connectivity index (χ3n) is 2.27. The molecule has 0 spiro atoms. The standard InChI is InChI=1S/C13H11IN/c1-2-11-7-3-4-8-12(11)13-9-5-6-10-15(13)14/h2-10H,1H2/q+1. The monoisotopic (exact) mass is 308 g/mol. The second-order valence-corrected chi connectivity index (χ2v) is 4.23. The average molecular weight is 308 g/mol. The van der Waals surface area contributed by atoms with Crippen LogP contribution in [0, 0.1) is 0 Å². The molecule has 0 saturated heterocycles. The lowest BCUT2D eigenvalue weighted by Gasteiger charge is -2.01. The summed E-state index contributed by atoms with van der Waals surface area (Å²) in [6.45, 7) is 3.84. The number of benzene rings is 1. The van der Waals surface area contributed by atoms with Crippen LogP contribution in [-0.4, -0.2) is 0 Å². The summed E-state index contributed by atoms with van der Waals surface area (Å²) in [6, 6.07) is 14.4. The van der Waals surface area contributed by atoms with Crippen LogP contribution < -0.4 is 2.78 Å². The van der Waals surface area contributed by atoms with Crippen LogP contribution in [0.5, 0.6) is 0 Å². The number of pyridine rings is 1. The number of halogens is 1. The maximum absolute atomic E-state index is 3.84. The molecule has 0 N–H and O–H groups in total. The molecule has 0 bridgehead atoms. The van der Waals surface area contributed by atoms with Gasteiger partial charge in [0, 0.05) is 12.1 Å². The van der Waals surface area contributed by atoms with Crippen molar-refractivity contribution in [1.82, 2.24) is 0 Å². The molecule has 1 heterocycles. The van der Waals surface area contributed by atoms with Gasteiger partial charge in [0.2, 0.25) is 5.69 Å². The van der Waals surface area contributed by atoms with Crippen molar-refractivity contribution in [2.45, 2.75) is 0 Å². The van der Waals surface area contributed by atoms with Gasteiger partial charge in [-0.1, -0.05) is 30.9 Å². The molecule has 0 atom stereocenters. The molecule has 15 heavy (non-hydrogen) atoms. The SMILES string of the molecule is C=Cc1ccccc1-c1cccc[n+]1I. The van der Waals surface area contributed by atoms with Crippen molar-refractivity contribution >= 4 is 28.9 Å². The van der Waals surface area contributed by atoms with Crippen molar-refractivity contribution < 1.29 is 2.78 Å². The summed E-state index contributed by atoms with van der Waals surface area (Å²) < 4.78 is 2.08. The molecule has 2 aromatic rings. The lowest BCUT2D eigenvalue weighted by Crippen LogP contribution is -2.21. The van der Waals surface area contributed by atoms with Crippen molar-refractivity contribution in [2.24, 2.45) is 0 Å². The van der Waals surface area contributed by atoms with Gasteiger partial charge in [0.05, 0.1) is 5.56 Å². The molecule has 1 aromatic carbocycles. The van der Waals surface area contributed by atoms with Crippen molar-refractivity contribution in [3.05, 3.63) is 60.8 Å². The molecular weight excluding hydrogens is 297 g/mol. The van der Waals surface area contributed by atoms with Crippen LogP contribution in [0.15, 0.2) is 55.2 Å². The first kappa shape index (κ1) is 10.4. The van der Waals surface area contributed by atoms with Crippen molar-refractivity contribution in [3.8, 4) is 11.3 Å². The second kappa shape index (κ2) is 4.57. The lowest BCUT2D eigenvalue weighted by atomic mass is 10.0. The van der Waals surface area contributed by atoms with Gasteiger partial charge < -0.3 is 0 Å². The number of hydrogen-bond donors (Lipinski definition) is 0. The molecule has 0 fully saturated rings. The van der Waals surface area contributed by atoms with E-state index in [1.54, 1.807) is 0 Å². The van der Waals surface area contributed by atoms with E-state index in [9.17, 15) is 0 Å². The first-order chi connectivity index (χ1) is 7.33. The van der Waals surface area contributed by atoms with Gasteiger partial charge in [0.25, 0.3) is 0 Å². The van der Waals surface area contributed by atoms with E-state index in [0.717, 1.165) is 5.56 Å². The summed E-state index contributed by atoms with van der Waals surface area (Å²) in [5.74, 6) is 0. The topological polar surface area (TPSA) is 3.88 Å². The van der Waals surface area contributed by atoms with Crippen LogP contribution in [-0.2, 0) is 0 Å². The van der Waals surface area contributed by atoms with Crippen LogP contribution in [0.1, 0.15) is 5.56 Å². The Bertz CT molecular complexity index is 491. The predicted octanol–water partition coefficient (Wildman–Crippen LogP) is 3.48. The summed E-state index contributed by atoms with van der Waals surface area (Å²) in [5, 5.41) is 0. The van der Waals surface area contributed by atoms with Gasteiger partial charge in [-0.25, -0.2) is 0 Å². The quantitative estimate of drug-likeness (QED) is 0.748. The average Bonchev–Trinajstić information content (AvgIpc) is 2.30. The summed E-state index contributed by atoms with van der Waals surface area (Å²) in [7, 11) is 0. The Morgan fingerprint density at radius 3 is 2.53 bits per heavy atom. The van der Waals surface area contributed by atoms with E-state index >= 15 is 0 Å². The first-order valence-electron chi connectivity index (χ1n) is 4.71. The predicted molar refractivity (Wildman–Crippen MR) is 71.6 cm³/mol. The van der Waals surface area contributed by atoms with Gasteiger partial charge >= 0.3 is 22.9 Å². The number of nitrogens with zero attached hydrogens (tertiary/aromatic N) is 1. The zero-order valence-corrected chi connectivity index (χ0v) is 10.4. The Balaban J connectivity index is 2.64. The van der Waals surface area contributed by atoms with Crippen LogP contribution in [0.3, 0.4) is 0 Å². The smallest absolute Gasteiger partial charge is 0.136 e. The first-order valence-corrected chi connectivity index (χ1v) is 5.68. The van der Waals surface area contributed by atoms with E-state index in [1.165, 1.54) is 11.3 Å². The highest BCUT2D eigenvalue weighted by Gasteiger charge is 2.11. The molecule has 0 aliphatic heterocycles. The Hall–Kier alpha value is -1.16. The minimum Gasteiger partial charge on any atom is -0.136 e. The maximum Gasteiger partial charge on any atom is 0.354 e. The molecule has 0 amide bonds. The molecule has 0 unspecified atom stereocenters. The minimum absolute atomic E-state index is 1.16. The molecule has 2 rings (SSSR count). The number of rotatable bonds is 2. The fourth-order valence-corrected chi connectivity index (χ4v) is 2.14. The van der Waals surface area contributed by atoms with E-state index in [-0.39, 0.29) is 0 Å². The van der Waals surface area contributed by atoms with E-state index in [0.29, 0.717) is 0 Å². The van der Waals surface area contributed by atoms with Gasteiger partial charge in [0.15, 0.2) is 6.20 Å². The van der Waals surface area contributed by atoms with Gasteiger partial charge in [0.1, 0.15) is 0 Å². The van der Waals surface area contributed by atoms with E-state index in [4.69, 9.17) is 0 Å². The summed E-state index contributed by atoms with van der Waals surface area (Å²) >= 11 is 2.28. The number of hydrogen-bond acceptors (Lipinski definition) is 0. The molecule has 0 aliphatic carbocycles. The fourth-order valence-electron chi connectivity index (χ4n) is 1.54. The second-order valence-electron chi connectivity index (χ2n) is 3.19. The molecule has 0 radical (unpaired) electrons. The molecular formula is C13H11IN+. The Morgan fingerprint density at radius 1 is 1.07 bits per heavy atom. The largest absolute Gasteiger partial charge is 0.354 e. The van der Waals surface area contributed by atoms with Gasteiger partial charge in [-0.15, -0.1) is 2.78 Å². The van der Waals surface area contributed by atoms with Crippen LogP contribution in [0.2, 0.25) is 0 Å². The molecule has 0 saturated carbocycles. The van der Waals surface area contributed by atoms with E-state index in [1.807, 2.05) is 36.5 Å². The number of aromatic nitrogens is 1. The Labute approximate surface area is 104 Å². The Morgan fingerprint density at radius 2 is 1.80 bits per heavy atom. The van der Waals surface area contributed by atoms with Gasteiger partial charge in [-0.05, 0) is 17.7 Å². The maximum atomic E-state index is 3.84. The van der Waals surface area contributed by atoms with Crippen molar-refractivity contribution in [2.75, 3.05) is 0 Å². The lowest BCUT2D eigenvalue weighted by molar-refractivity contribution is -0.427. The van der Waals surface area contributed by atoms with Gasteiger partial charge in [-0.2, -0.15) is 0 Å². The molecule has 0 aliphatic rings. The Kier molecular flexibility index (Phi) is 3.16. The van der Waals surface area contributed by atoms with E-state index in [2.05, 4.69) is 50.4 Å². The summed E-state index contributed by atoms with van der Waals surface area (Å²) in [5.41, 5.74) is 3.56. The van der Waals surface area contributed by atoms with Crippen molar-refractivity contribution in [1.29, 1.82) is 0 Å². The molecule has 1 aromatic heterocycles.